The number of nitrogens with one attached hydrogen (secondary N) is 1. The average Bonchev–Trinajstić information content (AvgIpc) is 3.72. The molecule has 3 amide bonds. The van der Waals surface area contributed by atoms with Gasteiger partial charge in [0.05, 0.1) is 30.1 Å². The number of thiazole rings is 1. The first-order valence-electron chi connectivity index (χ1n) is 14.4. The molecular weight excluding hydrogens is 582 g/mol. The maximum absolute atomic E-state index is 13.6. The van der Waals surface area contributed by atoms with Crippen molar-refractivity contribution in [3.8, 4) is 5.75 Å². The molecule has 7 atom stereocenters. The van der Waals surface area contributed by atoms with Crippen molar-refractivity contribution in [1.29, 1.82) is 0 Å². The standard InChI is InChI=1S/C29H31N3O8S2/c33-18(31-7-9-39-10-8-31)13-40-15-4-1-3-14(11-15)20-21-16-12-17(24(21)41-26-25(20)42-29(38)30-26)23-22(16)27(36)32(28(23)37)6-2-5-19(34)35/h1,3-4,11,16-17,20-24H,2,5-10,12-13H2,(H,30,38)(H,34,35)/t16?,17?,20-,21?,22?,23?,24?/m1/s1. The van der Waals surface area contributed by atoms with Crippen molar-refractivity contribution in [1.82, 2.24) is 14.8 Å². The molecule has 5 aliphatic rings. The number of ether oxygens (including phenoxy) is 2. The minimum absolute atomic E-state index is 0.000511. The third-order valence-corrected chi connectivity index (χ3v) is 12.1. The number of carbonyl (C=O) groups excluding carboxylic acids is 3. The van der Waals surface area contributed by atoms with Crippen LogP contribution in [0, 0.1) is 29.6 Å². The second-order valence-electron chi connectivity index (χ2n) is 11.6. The van der Waals surface area contributed by atoms with Gasteiger partial charge >= 0.3 is 10.8 Å². The Labute approximate surface area is 249 Å². The van der Waals surface area contributed by atoms with Gasteiger partial charge in [0.2, 0.25) is 11.8 Å². The highest BCUT2D eigenvalue weighted by molar-refractivity contribution is 8.00. The quantitative estimate of drug-likeness (QED) is 0.427. The molecule has 2 bridgehead atoms. The van der Waals surface area contributed by atoms with Crippen molar-refractivity contribution in [2.24, 2.45) is 29.6 Å². The number of imide groups is 1. The molecule has 4 heterocycles. The average molecular weight is 614 g/mol. The highest BCUT2D eigenvalue weighted by Gasteiger charge is 2.69. The molecule has 2 aliphatic carbocycles. The lowest BCUT2D eigenvalue weighted by Crippen LogP contribution is -2.43. The van der Waals surface area contributed by atoms with Crippen molar-refractivity contribution in [2.75, 3.05) is 39.5 Å². The van der Waals surface area contributed by atoms with E-state index in [-0.39, 0.29) is 77.5 Å². The van der Waals surface area contributed by atoms with E-state index in [2.05, 4.69) is 4.98 Å². The molecule has 2 aromatic rings. The number of hydrogen-bond donors (Lipinski definition) is 2. The fourth-order valence-electron chi connectivity index (χ4n) is 7.91. The zero-order valence-corrected chi connectivity index (χ0v) is 24.4. The maximum atomic E-state index is 13.6. The number of rotatable bonds is 8. The molecular formula is C29H31N3O8S2. The summed E-state index contributed by atoms with van der Waals surface area (Å²) in [6, 6.07) is 7.64. The molecule has 7 rings (SSSR count). The molecule has 2 saturated heterocycles. The summed E-state index contributed by atoms with van der Waals surface area (Å²) in [6.07, 6.45) is 0.926. The zero-order chi connectivity index (χ0) is 29.1. The van der Waals surface area contributed by atoms with E-state index in [1.54, 1.807) is 16.7 Å². The molecule has 2 saturated carbocycles. The Morgan fingerprint density at radius 3 is 2.62 bits per heavy atom. The summed E-state index contributed by atoms with van der Waals surface area (Å²) < 4.78 is 11.3. The molecule has 1 aromatic heterocycles. The number of H-pyrrole nitrogens is 1. The maximum Gasteiger partial charge on any atom is 0.305 e. The molecule has 42 heavy (non-hydrogen) atoms. The van der Waals surface area contributed by atoms with Crippen LogP contribution in [-0.4, -0.2) is 88.3 Å². The van der Waals surface area contributed by atoms with Crippen molar-refractivity contribution in [3.05, 3.63) is 44.4 Å². The van der Waals surface area contributed by atoms with Crippen LogP contribution in [0.5, 0.6) is 5.75 Å². The second kappa shape index (κ2) is 10.8. The van der Waals surface area contributed by atoms with Crippen LogP contribution in [0.15, 0.2) is 34.1 Å². The minimum Gasteiger partial charge on any atom is -0.484 e. The Morgan fingerprint density at radius 1 is 1.10 bits per heavy atom. The lowest BCUT2D eigenvalue weighted by atomic mass is 9.68. The van der Waals surface area contributed by atoms with Crippen LogP contribution in [0.25, 0.3) is 0 Å². The van der Waals surface area contributed by atoms with E-state index in [1.165, 1.54) is 16.2 Å². The highest BCUT2D eigenvalue weighted by Crippen LogP contribution is 2.68. The predicted octanol–water partition coefficient (Wildman–Crippen LogP) is 2.01. The Kier molecular flexibility index (Phi) is 7.14. The van der Waals surface area contributed by atoms with Gasteiger partial charge in [-0.2, -0.15) is 0 Å². The Bertz CT molecular complexity index is 1500. The smallest absolute Gasteiger partial charge is 0.305 e. The number of fused-ring (bicyclic) bond motifs is 9. The summed E-state index contributed by atoms with van der Waals surface area (Å²) in [7, 11) is 0. The number of morpholine rings is 1. The summed E-state index contributed by atoms with van der Waals surface area (Å²) in [6.45, 7) is 2.17. The molecule has 11 nitrogen and oxygen atoms in total. The molecule has 2 N–H and O–H groups in total. The molecule has 222 valence electrons. The van der Waals surface area contributed by atoms with E-state index in [1.807, 2.05) is 24.3 Å². The summed E-state index contributed by atoms with van der Waals surface area (Å²) in [5, 5.41) is 9.91. The second-order valence-corrected chi connectivity index (χ2v) is 13.8. The number of aliphatic carboxylic acids is 1. The van der Waals surface area contributed by atoms with Crippen molar-refractivity contribution >= 4 is 46.8 Å². The van der Waals surface area contributed by atoms with Crippen LogP contribution in [0.1, 0.15) is 35.6 Å². The van der Waals surface area contributed by atoms with E-state index in [0.29, 0.717) is 32.1 Å². The van der Waals surface area contributed by atoms with E-state index in [4.69, 9.17) is 14.6 Å². The summed E-state index contributed by atoms with van der Waals surface area (Å²) in [4.78, 5) is 70.1. The topological polar surface area (TPSA) is 146 Å². The number of aromatic nitrogens is 1. The molecule has 3 aliphatic heterocycles. The van der Waals surface area contributed by atoms with Gasteiger partial charge in [-0.15, -0.1) is 11.8 Å². The lowest BCUT2D eigenvalue weighted by molar-refractivity contribution is -0.142. The monoisotopic (exact) mass is 613 g/mol. The van der Waals surface area contributed by atoms with Gasteiger partial charge in [-0.05, 0) is 48.3 Å². The largest absolute Gasteiger partial charge is 0.484 e. The van der Waals surface area contributed by atoms with Gasteiger partial charge in [-0.3, -0.25) is 28.9 Å². The van der Waals surface area contributed by atoms with Gasteiger partial charge in [0, 0.05) is 42.1 Å². The van der Waals surface area contributed by atoms with Crippen LogP contribution >= 0.6 is 23.1 Å². The molecule has 1 aromatic carbocycles. The van der Waals surface area contributed by atoms with Crippen molar-refractivity contribution in [2.45, 2.75) is 35.5 Å². The van der Waals surface area contributed by atoms with Crippen molar-refractivity contribution in [3.63, 3.8) is 0 Å². The lowest BCUT2D eigenvalue weighted by Gasteiger charge is -2.43. The third-order valence-electron chi connectivity index (χ3n) is 9.53. The van der Waals surface area contributed by atoms with Gasteiger partial charge in [0.15, 0.2) is 6.61 Å². The van der Waals surface area contributed by atoms with Crippen LogP contribution in [0.3, 0.4) is 0 Å². The number of benzene rings is 1. The van der Waals surface area contributed by atoms with E-state index in [0.717, 1.165) is 21.9 Å². The fourth-order valence-corrected chi connectivity index (χ4v) is 10.8. The van der Waals surface area contributed by atoms with Gasteiger partial charge in [0.25, 0.3) is 5.91 Å². The first-order chi connectivity index (χ1) is 20.3. The molecule has 0 spiro atoms. The van der Waals surface area contributed by atoms with E-state index >= 15 is 0 Å². The number of thioether (sulfide) groups is 1. The predicted molar refractivity (Wildman–Crippen MR) is 151 cm³/mol. The van der Waals surface area contributed by atoms with E-state index < -0.39 is 17.8 Å². The van der Waals surface area contributed by atoms with Crippen molar-refractivity contribution < 1.29 is 33.8 Å². The SMILES string of the molecule is O=C(O)CCCN1C(=O)C2C3CC(C2C1=O)C1C3Sc2[nH]c(=O)sc2[C@@H]1c1cccc(OCC(=O)N2CCOCC2)c1. The van der Waals surface area contributed by atoms with Crippen LogP contribution in [0.2, 0.25) is 0 Å². The summed E-state index contributed by atoms with van der Waals surface area (Å²) >= 11 is 2.81. The number of likely N-dealkylation sites (tertiary alicyclic amines) is 1. The normalized spacial score (nSPS) is 31.2. The van der Waals surface area contributed by atoms with Gasteiger partial charge in [0.1, 0.15) is 5.75 Å². The van der Waals surface area contributed by atoms with Gasteiger partial charge < -0.3 is 24.5 Å². The minimum atomic E-state index is -0.948. The molecule has 13 heteroatoms. The summed E-state index contributed by atoms with van der Waals surface area (Å²) in [5.74, 6) is -1.80. The summed E-state index contributed by atoms with van der Waals surface area (Å²) in [5.41, 5.74) is 0.956. The first-order valence-corrected chi connectivity index (χ1v) is 16.1. The zero-order valence-electron chi connectivity index (χ0n) is 22.7. The number of carboxylic acid groups (broad SMARTS) is 1. The fraction of sp³-hybridized carbons (Fsp3) is 0.552. The Morgan fingerprint density at radius 2 is 1.86 bits per heavy atom. The molecule has 0 radical (unpaired) electrons. The highest BCUT2D eigenvalue weighted by atomic mass is 32.2. The van der Waals surface area contributed by atoms with Gasteiger partial charge in [-0.1, -0.05) is 23.5 Å². The number of nitrogens with zero attached hydrogens (tertiary/aromatic N) is 2. The Hall–Kier alpha value is -3.16. The molecule has 6 unspecified atom stereocenters. The number of carbonyl (C=O) groups is 4. The van der Waals surface area contributed by atoms with Crippen LogP contribution < -0.4 is 9.61 Å². The van der Waals surface area contributed by atoms with E-state index in [9.17, 15) is 24.0 Å². The first kappa shape index (κ1) is 27.7. The molecule has 4 fully saturated rings. The van der Waals surface area contributed by atoms with Crippen LogP contribution in [0.4, 0.5) is 0 Å². The van der Waals surface area contributed by atoms with Gasteiger partial charge in [-0.25, -0.2) is 0 Å². The number of hydrogen-bond acceptors (Lipinski definition) is 9. The van der Waals surface area contributed by atoms with Crippen LogP contribution in [-0.2, 0) is 23.9 Å². The number of aromatic amines is 1. The number of carboxylic acids is 1. The Balaban J connectivity index is 1.16. The number of amides is 3. The third kappa shape index (κ3) is 4.56.